The third-order valence-electron chi connectivity index (χ3n) is 1.23. The Morgan fingerprint density at radius 3 is 2.70 bits per heavy atom. The van der Waals surface area contributed by atoms with Gasteiger partial charge in [0.15, 0.2) is 11.1 Å². The molecular weight excluding hydrogens is 130 g/mol. The fraction of sp³-hybridized carbons (Fsp3) is 0.143. The second kappa shape index (κ2) is 2.96. The Balaban J connectivity index is 2.91. The molecule has 0 saturated carbocycles. The molecule has 0 aliphatic rings. The van der Waals surface area contributed by atoms with Crippen molar-refractivity contribution in [1.82, 2.24) is 0 Å². The van der Waals surface area contributed by atoms with Gasteiger partial charge >= 0.3 is 0 Å². The van der Waals surface area contributed by atoms with Crippen molar-refractivity contribution in [3.8, 4) is 5.75 Å². The van der Waals surface area contributed by atoms with Crippen LogP contribution >= 0.6 is 0 Å². The highest BCUT2D eigenvalue weighted by molar-refractivity contribution is 5.31. The fourth-order valence-corrected chi connectivity index (χ4v) is 0.699. The number of aryl methyl sites for hydroxylation is 1. The Morgan fingerprint density at radius 1 is 1.40 bits per heavy atom. The number of benzene rings is 1. The van der Waals surface area contributed by atoms with Gasteiger partial charge in [0.05, 0.1) is 0 Å². The first-order chi connectivity index (χ1) is 4.84. The minimum absolute atomic E-state index is 0.512. The Morgan fingerprint density at radius 2 is 2.10 bits per heavy atom. The first-order valence-corrected chi connectivity index (χ1v) is 2.90. The van der Waals surface area contributed by atoms with Crippen molar-refractivity contribution in [2.75, 3.05) is 0 Å². The fourth-order valence-electron chi connectivity index (χ4n) is 0.699. The molecule has 0 atom stereocenters. The highest BCUT2D eigenvalue weighted by Gasteiger charge is 1.95. The summed E-state index contributed by atoms with van der Waals surface area (Å²) in [7, 11) is 0. The molecule has 0 amide bonds. The molecule has 3 nitrogen and oxygen atoms in total. The molecule has 0 spiro atoms. The molecule has 0 aliphatic carbocycles. The quantitative estimate of drug-likeness (QED) is 0.462. The summed E-state index contributed by atoms with van der Waals surface area (Å²) in [6.45, 7) is 1.85. The van der Waals surface area contributed by atoms with E-state index < -0.39 is 0 Å². The topological polar surface area (TPSA) is 38.7 Å². The van der Waals surface area contributed by atoms with Crippen molar-refractivity contribution in [2.24, 2.45) is 5.34 Å². The molecule has 0 unspecified atom stereocenters. The van der Waals surface area contributed by atoms with Gasteiger partial charge in [-0.15, -0.1) is 4.91 Å². The molecule has 1 rings (SSSR count). The van der Waals surface area contributed by atoms with Crippen LogP contribution < -0.4 is 4.84 Å². The lowest BCUT2D eigenvalue weighted by Crippen LogP contribution is -1.82. The molecule has 1 aromatic rings. The third-order valence-corrected chi connectivity index (χ3v) is 1.23. The maximum absolute atomic E-state index is 9.65. The van der Waals surface area contributed by atoms with Crippen molar-refractivity contribution in [3.05, 3.63) is 34.7 Å². The van der Waals surface area contributed by atoms with E-state index >= 15 is 0 Å². The lowest BCUT2D eigenvalue weighted by atomic mass is 10.2. The number of rotatable bonds is 2. The van der Waals surface area contributed by atoms with Crippen molar-refractivity contribution in [1.29, 1.82) is 0 Å². The summed E-state index contributed by atoms with van der Waals surface area (Å²) in [5.41, 5.74) is 0.905. The molecular formula is C7H7NO2. The predicted octanol–water partition coefficient (Wildman–Crippen LogP) is 2.06. The Labute approximate surface area is 58.6 Å². The number of nitrogens with zero attached hydrogens (tertiary/aromatic N) is 1. The standard InChI is InChI=1S/C7H7NO2/c1-6-4-2-3-5-7(6)10-8-9/h2-5H,1H3. The highest BCUT2D eigenvalue weighted by Crippen LogP contribution is 2.15. The molecule has 10 heavy (non-hydrogen) atoms. The average molecular weight is 137 g/mol. The van der Waals surface area contributed by atoms with Gasteiger partial charge in [-0.1, -0.05) is 18.2 Å². The van der Waals surface area contributed by atoms with Crippen LogP contribution in [0.1, 0.15) is 5.56 Å². The summed E-state index contributed by atoms with van der Waals surface area (Å²) in [5.74, 6) is 0.512. The van der Waals surface area contributed by atoms with Gasteiger partial charge < -0.3 is 4.84 Å². The van der Waals surface area contributed by atoms with Crippen LogP contribution in [0.25, 0.3) is 0 Å². The molecule has 0 heterocycles. The summed E-state index contributed by atoms with van der Waals surface area (Å²) in [5, 5.41) is 2.32. The van der Waals surface area contributed by atoms with Crippen molar-refractivity contribution in [3.63, 3.8) is 0 Å². The van der Waals surface area contributed by atoms with Gasteiger partial charge in [-0.2, -0.15) is 0 Å². The minimum atomic E-state index is 0.512. The molecule has 52 valence electrons. The summed E-state index contributed by atoms with van der Waals surface area (Å²) in [4.78, 5) is 14.1. The summed E-state index contributed by atoms with van der Waals surface area (Å²) < 4.78 is 0. The molecule has 0 N–H and O–H groups in total. The molecule has 0 fully saturated rings. The van der Waals surface area contributed by atoms with Crippen LogP contribution in [0, 0.1) is 11.8 Å². The zero-order valence-corrected chi connectivity index (χ0v) is 5.57. The molecule has 1 aromatic carbocycles. The van der Waals surface area contributed by atoms with E-state index in [0.29, 0.717) is 5.75 Å². The maximum atomic E-state index is 9.65. The van der Waals surface area contributed by atoms with Gasteiger partial charge in [-0.05, 0) is 18.6 Å². The predicted molar refractivity (Wildman–Crippen MR) is 37.6 cm³/mol. The van der Waals surface area contributed by atoms with Gasteiger partial charge in [0.2, 0.25) is 0 Å². The Bertz CT molecular complexity index is 235. The second-order valence-corrected chi connectivity index (χ2v) is 1.93. The lowest BCUT2D eigenvalue weighted by Gasteiger charge is -1.96. The largest absolute Gasteiger partial charge is 0.324 e. The van der Waals surface area contributed by atoms with Crippen LogP contribution in [0.2, 0.25) is 0 Å². The van der Waals surface area contributed by atoms with Gasteiger partial charge in [-0.25, -0.2) is 0 Å². The van der Waals surface area contributed by atoms with E-state index in [2.05, 4.69) is 10.2 Å². The normalized spacial score (nSPS) is 8.90. The molecule has 0 radical (unpaired) electrons. The van der Waals surface area contributed by atoms with Crippen molar-refractivity contribution < 1.29 is 4.84 Å². The van der Waals surface area contributed by atoms with Crippen molar-refractivity contribution in [2.45, 2.75) is 6.92 Å². The molecule has 3 heteroatoms. The number of hydrogen-bond donors (Lipinski definition) is 0. The molecule has 0 bridgehead atoms. The number of hydrogen-bond acceptors (Lipinski definition) is 3. The average Bonchev–Trinajstić information content (AvgIpc) is 1.94. The van der Waals surface area contributed by atoms with E-state index in [9.17, 15) is 4.91 Å². The maximum Gasteiger partial charge on any atom is 0.164 e. The van der Waals surface area contributed by atoms with Gasteiger partial charge in [0.25, 0.3) is 0 Å². The third kappa shape index (κ3) is 1.31. The number of para-hydroxylation sites is 1. The first kappa shape index (κ1) is 6.74. The van der Waals surface area contributed by atoms with Gasteiger partial charge in [-0.3, -0.25) is 0 Å². The Kier molecular flexibility index (Phi) is 1.99. The molecule has 0 saturated heterocycles. The van der Waals surface area contributed by atoms with Crippen LogP contribution in [-0.4, -0.2) is 0 Å². The van der Waals surface area contributed by atoms with Crippen LogP contribution in [0.15, 0.2) is 29.6 Å². The Hall–Kier alpha value is -1.38. The van der Waals surface area contributed by atoms with Crippen LogP contribution in [0.4, 0.5) is 0 Å². The van der Waals surface area contributed by atoms with E-state index in [1.807, 2.05) is 19.1 Å². The van der Waals surface area contributed by atoms with E-state index in [1.165, 1.54) is 0 Å². The smallest absolute Gasteiger partial charge is 0.164 e. The second-order valence-electron chi connectivity index (χ2n) is 1.93. The molecule has 0 aliphatic heterocycles. The molecule has 0 aromatic heterocycles. The van der Waals surface area contributed by atoms with Crippen molar-refractivity contribution >= 4 is 0 Å². The monoisotopic (exact) mass is 137 g/mol. The minimum Gasteiger partial charge on any atom is -0.324 e. The van der Waals surface area contributed by atoms with Crippen LogP contribution in [0.3, 0.4) is 0 Å². The highest BCUT2D eigenvalue weighted by atomic mass is 16.7. The van der Waals surface area contributed by atoms with E-state index in [1.54, 1.807) is 12.1 Å². The van der Waals surface area contributed by atoms with E-state index in [4.69, 9.17) is 0 Å². The lowest BCUT2D eigenvalue weighted by molar-refractivity contribution is 0.332. The zero-order valence-electron chi connectivity index (χ0n) is 5.57. The van der Waals surface area contributed by atoms with Crippen LogP contribution in [-0.2, 0) is 0 Å². The zero-order chi connectivity index (χ0) is 7.40. The van der Waals surface area contributed by atoms with Crippen LogP contribution in [0.5, 0.6) is 5.75 Å². The summed E-state index contributed by atoms with van der Waals surface area (Å²) in [6.07, 6.45) is 0. The van der Waals surface area contributed by atoms with Gasteiger partial charge in [0, 0.05) is 0 Å². The van der Waals surface area contributed by atoms with E-state index in [0.717, 1.165) is 5.56 Å². The first-order valence-electron chi connectivity index (χ1n) is 2.90. The summed E-state index contributed by atoms with van der Waals surface area (Å²) >= 11 is 0. The van der Waals surface area contributed by atoms with Gasteiger partial charge in [0.1, 0.15) is 0 Å². The van der Waals surface area contributed by atoms with E-state index in [-0.39, 0.29) is 0 Å². The SMILES string of the molecule is Cc1ccccc1ON=O. The summed E-state index contributed by atoms with van der Waals surface area (Å²) in [6, 6.07) is 7.19.